The van der Waals surface area contributed by atoms with Crippen LogP contribution >= 0.6 is 0 Å². The van der Waals surface area contributed by atoms with Gasteiger partial charge in [0, 0.05) is 23.3 Å². The standard InChI is InChI=1S/C34H29F3N6O/c35-34(36,37)25-3-1-2-24(16-25)33(12-13-33)42-31(44)22-6-10-28(20-4-5-20)29(15-22)21-7-11-30-23(14-21)17-38-32(41-30)40-26-18-39-43(19-26)27-8-9-27/h1-3,6-7,10-11,14-20,27H,4-5,8-9,12-13H2,(H,42,44)(H,38,40,41). The molecule has 0 atom stereocenters. The van der Waals surface area contributed by atoms with Gasteiger partial charge in [0.05, 0.1) is 34.5 Å². The average molecular weight is 595 g/mol. The maximum atomic E-state index is 13.5. The SMILES string of the molecule is O=C(NC1(c2cccc(C(F)(F)F)c2)CC1)c1ccc(C2CC2)c(-c2ccc3nc(Nc4cnn(C5CC5)c4)ncc3c2)c1. The second kappa shape index (κ2) is 9.90. The van der Waals surface area contributed by atoms with Crippen molar-refractivity contribution in [2.45, 2.75) is 62.2 Å². The summed E-state index contributed by atoms with van der Waals surface area (Å²) in [5.74, 6) is 0.637. The van der Waals surface area contributed by atoms with Gasteiger partial charge in [-0.2, -0.15) is 18.3 Å². The lowest BCUT2D eigenvalue weighted by atomic mass is 9.93. The predicted octanol–water partition coefficient (Wildman–Crippen LogP) is 7.89. The largest absolute Gasteiger partial charge is 0.416 e. The van der Waals surface area contributed by atoms with E-state index in [9.17, 15) is 18.0 Å². The Morgan fingerprint density at radius 2 is 1.80 bits per heavy atom. The summed E-state index contributed by atoms with van der Waals surface area (Å²) in [7, 11) is 0. The van der Waals surface area contributed by atoms with Crippen LogP contribution in [0.15, 0.2) is 79.3 Å². The van der Waals surface area contributed by atoms with Gasteiger partial charge >= 0.3 is 6.18 Å². The van der Waals surface area contributed by atoms with Gasteiger partial charge in [0.15, 0.2) is 0 Å². The second-order valence-electron chi connectivity index (χ2n) is 12.2. The molecule has 2 heterocycles. The van der Waals surface area contributed by atoms with Gasteiger partial charge in [-0.1, -0.05) is 24.3 Å². The number of benzene rings is 3. The van der Waals surface area contributed by atoms with E-state index >= 15 is 0 Å². The van der Waals surface area contributed by atoms with E-state index in [0.29, 0.717) is 41.9 Å². The molecule has 0 saturated heterocycles. The van der Waals surface area contributed by atoms with E-state index in [-0.39, 0.29) is 5.91 Å². The van der Waals surface area contributed by atoms with E-state index in [1.165, 1.54) is 11.6 Å². The minimum absolute atomic E-state index is 0.298. The summed E-state index contributed by atoms with van der Waals surface area (Å²) in [5, 5.41) is 11.6. The lowest BCUT2D eigenvalue weighted by Crippen LogP contribution is -2.35. The minimum Gasteiger partial charge on any atom is -0.343 e. The zero-order valence-corrected chi connectivity index (χ0v) is 23.7. The first kappa shape index (κ1) is 26.9. The molecular weight excluding hydrogens is 565 g/mol. The number of carbonyl (C=O) groups excluding carboxylic acids is 1. The van der Waals surface area contributed by atoms with Gasteiger partial charge in [-0.15, -0.1) is 0 Å². The molecule has 3 aromatic carbocycles. The second-order valence-corrected chi connectivity index (χ2v) is 12.2. The molecule has 222 valence electrons. The number of fused-ring (bicyclic) bond motifs is 1. The highest BCUT2D eigenvalue weighted by atomic mass is 19.4. The zero-order chi connectivity index (χ0) is 30.1. The summed E-state index contributed by atoms with van der Waals surface area (Å²) in [6, 6.07) is 17.5. The summed E-state index contributed by atoms with van der Waals surface area (Å²) in [6.07, 6.45) is 6.81. The van der Waals surface area contributed by atoms with Crippen molar-refractivity contribution in [3.63, 3.8) is 0 Å². The molecule has 3 fully saturated rings. The van der Waals surface area contributed by atoms with Gasteiger partial charge in [-0.25, -0.2) is 9.97 Å². The van der Waals surface area contributed by atoms with Crippen LogP contribution in [0.1, 0.15) is 77.5 Å². The Morgan fingerprint density at radius 3 is 2.55 bits per heavy atom. The fraction of sp³-hybridized carbons (Fsp3) is 0.294. The van der Waals surface area contributed by atoms with Gasteiger partial charge in [0.2, 0.25) is 5.95 Å². The van der Waals surface area contributed by atoms with Gasteiger partial charge < -0.3 is 10.6 Å². The summed E-state index contributed by atoms with van der Waals surface area (Å²) in [6.45, 7) is 0. The summed E-state index contributed by atoms with van der Waals surface area (Å²) in [5.41, 5.74) is 4.23. The summed E-state index contributed by atoms with van der Waals surface area (Å²) < 4.78 is 42.0. The van der Waals surface area contributed by atoms with Crippen molar-refractivity contribution < 1.29 is 18.0 Å². The van der Waals surface area contributed by atoms with E-state index in [1.807, 2.05) is 47.3 Å². The summed E-state index contributed by atoms with van der Waals surface area (Å²) >= 11 is 0. The number of alkyl halides is 3. The molecule has 2 aromatic heterocycles. The van der Waals surface area contributed by atoms with Crippen molar-refractivity contribution in [1.82, 2.24) is 25.1 Å². The third-order valence-corrected chi connectivity index (χ3v) is 8.85. The lowest BCUT2D eigenvalue weighted by Gasteiger charge is -2.20. The van der Waals surface area contributed by atoms with Crippen LogP contribution in [0.5, 0.6) is 0 Å². The molecule has 2 N–H and O–H groups in total. The van der Waals surface area contributed by atoms with Crippen LogP contribution in [0.2, 0.25) is 0 Å². The number of nitrogens with one attached hydrogen (secondary N) is 2. The van der Waals surface area contributed by atoms with E-state index in [0.717, 1.165) is 65.5 Å². The predicted molar refractivity (Wildman–Crippen MR) is 161 cm³/mol. The van der Waals surface area contributed by atoms with Crippen LogP contribution in [-0.4, -0.2) is 25.7 Å². The van der Waals surface area contributed by atoms with Gasteiger partial charge in [-0.3, -0.25) is 9.48 Å². The van der Waals surface area contributed by atoms with Crippen LogP contribution in [0.25, 0.3) is 22.0 Å². The Hall–Kier alpha value is -4.73. The van der Waals surface area contributed by atoms with Crippen molar-refractivity contribution in [3.8, 4) is 11.1 Å². The van der Waals surface area contributed by atoms with Crippen LogP contribution in [0.3, 0.4) is 0 Å². The number of hydrogen-bond acceptors (Lipinski definition) is 5. The Balaban J connectivity index is 1.06. The molecule has 0 aliphatic heterocycles. The zero-order valence-electron chi connectivity index (χ0n) is 23.7. The molecule has 0 spiro atoms. The molecule has 7 nitrogen and oxygen atoms in total. The van der Waals surface area contributed by atoms with Gasteiger partial charge in [0.1, 0.15) is 0 Å². The number of hydrogen-bond donors (Lipinski definition) is 2. The topological polar surface area (TPSA) is 84.7 Å². The minimum atomic E-state index is -4.44. The van der Waals surface area contributed by atoms with Gasteiger partial charge in [-0.05, 0) is 103 Å². The lowest BCUT2D eigenvalue weighted by molar-refractivity contribution is -0.137. The molecule has 3 aliphatic rings. The van der Waals surface area contributed by atoms with Crippen LogP contribution in [-0.2, 0) is 11.7 Å². The molecule has 0 radical (unpaired) electrons. The normalized spacial score (nSPS) is 17.4. The molecule has 10 heteroatoms. The Labute approximate surface area is 251 Å². The summed E-state index contributed by atoms with van der Waals surface area (Å²) in [4.78, 5) is 22.7. The van der Waals surface area contributed by atoms with E-state index in [4.69, 9.17) is 4.98 Å². The number of carbonyl (C=O) groups is 1. The maximum Gasteiger partial charge on any atom is 0.416 e. The molecule has 3 saturated carbocycles. The van der Waals surface area contributed by atoms with Crippen molar-refractivity contribution >= 4 is 28.4 Å². The third kappa shape index (κ3) is 5.18. The highest BCUT2D eigenvalue weighted by Gasteiger charge is 2.47. The average Bonchev–Trinajstić information content (AvgIpc) is 3.91. The first-order valence-electron chi connectivity index (χ1n) is 15.0. The number of amides is 1. The number of anilines is 2. The van der Waals surface area contributed by atoms with Crippen molar-refractivity contribution in [2.75, 3.05) is 5.32 Å². The molecule has 44 heavy (non-hydrogen) atoms. The van der Waals surface area contributed by atoms with Crippen molar-refractivity contribution in [1.29, 1.82) is 0 Å². The van der Waals surface area contributed by atoms with E-state index in [1.54, 1.807) is 18.5 Å². The third-order valence-electron chi connectivity index (χ3n) is 8.85. The van der Waals surface area contributed by atoms with Gasteiger partial charge in [0.25, 0.3) is 5.91 Å². The number of rotatable bonds is 8. The molecule has 3 aliphatic carbocycles. The number of halogens is 3. The van der Waals surface area contributed by atoms with Crippen LogP contribution < -0.4 is 10.6 Å². The van der Waals surface area contributed by atoms with E-state index in [2.05, 4.69) is 20.7 Å². The molecule has 1 amide bonds. The molecular formula is C34H29F3N6O. The number of aromatic nitrogens is 4. The Morgan fingerprint density at radius 1 is 0.955 bits per heavy atom. The highest BCUT2D eigenvalue weighted by molar-refractivity contribution is 5.97. The first-order chi connectivity index (χ1) is 21.2. The van der Waals surface area contributed by atoms with E-state index < -0.39 is 17.3 Å². The molecule has 5 aromatic rings. The fourth-order valence-corrected chi connectivity index (χ4v) is 5.92. The van der Waals surface area contributed by atoms with Crippen LogP contribution in [0, 0.1) is 0 Å². The quantitative estimate of drug-likeness (QED) is 0.191. The van der Waals surface area contributed by atoms with Crippen molar-refractivity contribution in [3.05, 3.63) is 102 Å². The monoisotopic (exact) mass is 594 g/mol. The van der Waals surface area contributed by atoms with Crippen molar-refractivity contribution in [2.24, 2.45) is 0 Å². The molecule has 8 rings (SSSR count). The fourth-order valence-electron chi connectivity index (χ4n) is 5.92. The van der Waals surface area contributed by atoms with Crippen LogP contribution in [0.4, 0.5) is 24.8 Å². The highest BCUT2D eigenvalue weighted by Crippen LogP contribution is 2.48. The Bertz CT molecular complexity index is 1920. The number of nitrogens with zero attached hydrogens (tertiary/aromatic N) is 4. The first-order valence-corrected chi connectivity index (χ1v) is 15.0. The Kier molecular flexibility index (Phi) is 6.05. The molecule has 0 bridgehead atoms. The maximum absolute atomic E-state index is 13.5. The molecule has 0 unspecified atom stereocenters. The smallest absolute Gasteiger partial charge is 0.343 e.